The Labute approximate surface area is 300 Å². The van der Waals surface area contributed by atoms with Crippen LogP contribution in [0.2, 0.25) is 0 Å². The van der Waals surface area contributed by atoms with Gasteiger partial charge in [0.1, 0.15) is 23.0 Å². The molecule has 0 spiro atoms. The third-order valence-electron chi connectivity index (χ3n) is 10.7. The Hall–Kier alpha value is -6.59. The van der Waals surface area contributed by atoms with Gasteiger partial charge in [0.05, 0.1) is 0 Å². The number of aromatic nitrogens is 3. The lowest BCUT2D eigenvalue weighted by Crippen LogP contribution is -2.18. The van der Waals surface area contributed by atoms with E-state index in [9.17, 15) is 0 Å². The number of benzene rings is 6. The van der Waals surface area contributed by atoms with Crippen LogP contribution in [-0.4, -0.2) is 21.1 Å². The average Bonchev–Trinajstić information content (AvgIpc) is 3.78. The number of aryl methyl sites for hydroxylation is 1. The Balaban J connectivity index is 1.01. The van der Waals surface area contributed by atoms with Crippen LogP contribution >= 0.6 is 0 Å². The van der Waals surface area contributed by atoms with Crippen molar-refractivity contribution in [1.82, 2.24) is 15.0 Å². The highest BCUT2D eigenvalue weighted by atomic mass is 16.5. The molecule has 52 heavy (non-hydrogen) atoms. The fourth-order valence-corrected chi connectivity index (χ4v) is 8.10. The van der Waals surface area contributed by atoms with Gasteiger partial charge in [-0.05, 0) is 88.3 Å². The molecule has 8 aromatic rings. The van der Waals surface area contributed by atoms with Crippen molar-refractivity contribution in [3.63, 3.8) is 0 Å². The van der Waals surface area contributed by atoms with E-state index in [1.54, 1.807) is 0 Å². The molecule has 0 saturated heterocycles. The number of fused-ring (bicyclic) bond motifs is 8. The normalized spacial score (nSPS) is 17.2. The molecule has 2 unspecified atom stereocenters. The SMILES string of the molecule is C1=Cc2cc(-c3nc(C4=CC5Oc6ccccc6C5C=C4)nc(-c4ccc5cc(-c6cccc7oc8ccccc8c67)ccc5c4)n3)ccc2CC1. The number of hydrogen-bond acceptors (Lipinski definition) is 5. The maximum absolute atomic E-state index is 6.37. The maximum Gasteiger partial charge on any atom is 0.164 e. The Morgan fingerprint density at radius 3 is 2.29 bits per heavy atom. The van der Waals surface area contributed by atoms with Gasteiger partial charge < -0.3 is 9.15 Å². The smallest absolute Gasteiger partial charge is 0.164 e. The second kappa shape index (κ2) is 11.5. The van der Waals surface area contributed by atoms with Crippen molar-refractivity contribution >= 4 is 44.4 Å². The van der Waals surface area contributed by atoms with Gasteiger partial charge in [0.15, 0.2) is 17.5 Å². The summed E-state index contributed by atoms with van der Waals surface area (Å²) in [6, 6.07) is 42.5. The first-order valence-electron chi connectivity index (χ1n) is 17.9. The molecule has 0 radical (unpaired) electrons. The van der Waals surface area contributed by atoms with Crippen LogP contribution in [0.5, 0.6) is 5.75 Å². The summed E-state index contributed by atoms with van der Waals surface area (Å²) in [5.74, 6) is 3.05. The molecule has 0 amide bonds. The quantitative estimate of drug-likeness (QED) is 0.187. The van der Waals surface area contributed by atoms with Crippen LogP contribution in [-0.2, 0) is 6.42 Å². The summed E-state index contributed by atoms with van der Waals surface area (Å²) in [7, 11) is 0. The standard InChI is InChI=1S/C47H31N3O2/c1-2-9-29-25-33(20-16-28(29)8-1)45-48-46(50-47(49-45)35-22-23-38-37-10-3-5-13-40(37)52-43(38)27-35)34-21-18-30-24-32(19-17-31(30)26-34)36-12-7-15-42-44(36)39-11-4-6-14-41(39)51-42/h2-7,9-27,38,43H,1,8H2. The zero-order chi connectivity index (χ0) is 34.2. The fraction of sp³-hybridized carbons (Fsp3) is 0.0851. The van der Waals surface area contributed by atoms with Gasteiger partial charge in [0.25, 0.3) is 0 Å². The molecule has 6 aromatic carbocycles. The van der Waals surface area contributed by atoms with Crippen molar-refractivity contribution in [2.45, 2.75) is 24.9 Å². The number of hydrogen-bond donors (Lipinski definition) is 0. The minimum atomic E-state index is -0.101. The molecule has 5 nitrogen and oxygen atoms in total. The number of allylic oxidation sites excluding steroid dienone is 3. The Kier molecular flexibility index (Phi) is 6.44. The molecule has 246 valence electrons. The van der Waals surface area contributed by atoms with Crippen molar-refractivity contribution in [3.05, 3.63) is 168 Å². The summed E-state index contributed by atoms with van der Waals surface area (Å²) >= 11 is 0. The molecule has 3 heterocycles. The summed E-state index contributed by atoms with van der Waals surface area (Å²) in [5.41, 5.74) is 10.7. The largest absolute Gasteiger partial charge is 0.485 e. The first kappa shape index (κ1) is 29.2. The summed E-state index contributed by atoms with van der Waals surface area (Å²) in [6.07, 6.45) is 13.0. The number of rotatable bonds is 4. The second-order valence-corrected chi connectivity index (χ2v) is 13.8. The van der Waals surface area contributed by atoms with E-state index in [1.165, 1.54) is 16.7 Å². The van der Waals surface area contributed by atoms with Crippen molar-refractivity contribution < 1.29 is 9.15 Å². The minimum Gasteiger partial charge on any atom is -0.485 e. The lowest BCUT2D eigenvalue weighted by molar-refractivity contribution is 0.269. The van der Waals surface area contributed by atoms with E-state index in [2.05, 4.69) is 121 Å². The van der Waals surface area contributed by atoms with Gasteiger partial charge >= 0.3 is 0 Å². The van der Waals surface area contributed by atoms with E-state index in [1.807, 2.05) is 30.3 Å². The first-order valence-corrected chi connectivity index (χ1v) is 17.9. The summed E-state index contributed by atoms with van der Waals surface area (Å²) in [6.45, 7) is 0. The summed E-state index contributed by atoms with van der Waals surface area (Å²) < 4.78 is 12.6. The maximum atomic E-state index is 6.37. The van der Waals surface area contributed by atoms with E-state index in [0.717, 1.165) is 79.1 Å². The first-order chi connectivity index (χ1) is 25.7. The zero-order valence-corrected chi connectivity index (χ0v) is 28.2. The summed E-state index contributed by atoms with van der Waals surface area (Å²) in [5, 5.41) is 4.53. The van der Waals surface area contributed by atoms with Crippen LogP contribution in [0.4, 0.5) is 0 Å². The monoisotopic (exact) mass is 669 g/mol. The topological polar surface area (TPSA) is 61.0 Å². The molecular formula is C47H31N3O2. The highest BCUT2D eigenvalue weighted by molar-refractivity contribution is 6.12. The van der Waals surface area contributed by atoms with Crippen LogP contribution in [0.25, 0.3) is 78.3 Å². The van der Waals surface area contributed by atoms with Crippen molar-refractivity contribution in [2.75, 3.05) is 0 Å². The lowest BCUT2D eigenvalue weighted by Gasteiger charge is -2.18. The third-order valence-corrected chi connectivity index (χ3v) is 10.7. The van der Waals surface area contributed by atoms with Crippen LogP contribution in [0.15, 0.2) is 150 Å². The van der Waals surface area contributed by atoms with Crippen molar-refractivity contribution in [1.29, 1.82) is 0 Å². The molecule has 0 N–H and O–H groups in total. The molecule has 1 aliphatic heterocycles. The number of ether oxygens (including phenoxy) is 1. The van der Waals surface area contributed by atoms with Crippen LogP contribution < -0.4 is 4.74 Å². The average molecular weight is 670 g/mol. The van der Waals surface area contributed by atoms with Gasteiger partial charge in [-0.25, -0.2) is 15.0 Å². The molecule has 3 aliphatic rings. The molecule has 0 bridgehead atoms. The Morgan fingerprint density at radius 2 is 1.37 bits per heavy atom. The van der Waals surface area contributed by atoms with Crippen molar-refractivity contribution in [3.8, 4) is 39.7 Å². The van der Waals surface area contributed by atoms with E-state index < -0.39 is 0 Å². The van der Waals surface area contributed by atoms with E-state index in [4.69, 9.17) is 24.1 Å². The van der Waals surface area contributed by atoms with Gasteiger partial charge in [-0.3, -0.25) is 0 Å². The van der Waals surface area contributed by atoms with Crippen LogP contribution in [0, 0.1) is 0 Å². The van der Waals surface area contributed by atoms with Gasteiger partial charge in [-0.15, -0.1) is 0 Å². The molecular weight excluding hydrogens is 639 g/mol. The van der Waals surface area contributed by atoms with Crippen molar-refractivity contribution in [2.24, 2.45) is 0 Å². The predicted molar refractivity (Wildman–Crippen MR) is 209 cm³/mol. The molecule has 5 heteroatoms. The molecule has 11 rings (SSSR count). The number of furan rings is 1. The minimum absolute atomic E-state index is 0.101. The summed E-state index contributed by atoms with van der Waals surface area (Å²) in [4.78, 5) is 15.3. The molecule has 0 saturated carbocycles. The molecule has 2 aromatic heterocycles. The van der Waals surface area contributed by atoms with E-state index >= 15 is 0 Å². The molecule has 2 atom stereocenters. The number of nitrogens with zero attached hydrogens (tertiary/aromatic N) is 3. The third kappa shape index (κ3) is 4.74. The van der Waals surface area contributed by atoms with Gasteiger partial charge in [0, 0.05) is 39.0 Å². The zero-order valence-electron chi connectivity index (χ0n) is 28.2. The van der Waals surface area contributed by atoms with Gasteiger partial charge in [0.2, 0.25) is 0 Å². The molecule has 2 aliphatic carbocycles. The van der Waals surface area contributed by atoms with Gasteiger partial charge in [-0.2, -0.15) is 0 Å². The fourth-order valence-electron chi connectivity index (χ4n) is 8.10. The highest BCUT2D eigenvalue weighted by Gasteiger charge is 2.33. The van der Waals surface area contributed by atoms with Crippen LogP contribution in [0.1, 0.15) is 34.9 Å². The lowest BCUT2D eigenvalue weighted by atomic mass is 9.89. The Morgan fingerprint density at radius 1 is 0.615 bits per heavy atom. The van der Waals surface area contributed by atoms with E-state index in [-0.39, 0.29) is 12.0 Å². The molecule has 0 fully saturated rings. The highest BCUT2D eigenvalue weighted by Crippen LogP contribution is 2.43. The number of para-hydroxylation sites is 2. The van der Waals surface area contributed by atoms with Gasteiger partial charge in [-0.1, -0.05) is 109 Å². The van der Waals surface area contributed by atoms with Crippen LogP contribution in [0.3, 0.4) is 0 Å². The van der Waals surface area contributed by atoms with E-state index in [0.29, 0.717) is 17.5 Å². The predicted octanol–water partition coefficient (Wildman–Crippen LogP) is 11.4. The Bertz CT molecular complexity index is 2860. The second-order valence-electron chi connectivity index (χ2n) is 13.8.